The summed E-state index contributed by atoms with van der Waals surface area (Å²) in [5, 5.41) is 6.90. The molecule has 1 N–H and O–H groups in total. The van der Waals surface area contributed by atoms with E-state index in [0.717, 1.165) is 12.0 Å². The van der Waals surface area contributed by atoms with Gasteiger partial charge >= 0.3 is 0 Å². The molecule has 2 aromatic heterocycles. The smallest absolute Gasteiger partial charge is 0.227 e. The second-order valence-corrected chi connectivity index (χ2v) is 5.96. The Morgan fingerprint density at radius 1 is 1.21 bits per heavy atom. The Bertz CT molecular complexity index is 694. The Balaban J connectivity index is 1.40. The van der Waals surface area contributed by atoms with Crippen LogP contribution in [-0.4, -0.2) is 27.6 Å². The number of pyridine rings is 1. The number of hydrogen-bond donors (Lipinski definition) is 1. The molecule has 1 aliphatic carbocycles. The lowest BCUT2D eigenvalue weighted by Gasteiger charge is -2.12. The summed E-state index contributed by atoms with van der Waals surface area (Å²) in [4.78, 5) is 20.2. The van der Waals surface area contributed by atoms with E-state index in [-0.39, 0.29) is 5.91 Å². The van der Waals surface area contributed by atoms with Crippen molar-refractivity contribution in [2.24, 2.45) is 0 Å². The van der Waals surface area contributed by atoms with Gasteiger partial charge in [-0.25, -0.2) is 0 Å². The van der Waals surface area contributed by atoms with Crippen molar-refractivity contribution in [1.29, 1.82) is 0 Å². The molecule has 2 aromatic rings. The maximum absolute atomic E-state index is 11.9. The van der Waals surface area contributed by atoms with E-state index in [9.17, 15) is 4.79 Å². The number of aromatic nitrogens is 3. The van der Waals surface area contributed by atoms with Crippen LogP contribution in [0, 0.1) is 0 Å². The van der Waals surface area contributed by atoms with E-state index in [0.29, 0.717) is 31.1 Å². The lowest BCUT2D eigenvalue weighted by atomic mass is 9.97. The number of aryl methyl sites for hydroxylation is 1. The van der Waals surface area contributed by atoms with Crippen LogP contribution in [0.3, 0.4) is 0 Å². The van der Waals surface area contributed by atoms with E-state index < -0.39 is 0 Å². The van der Waals surface area contributed by atoms with Gasteiger partial charge in [-0.05, 0) is 44.2 Å². The number of hydrogen-bond acceptors (Lipinski definition) is 5. The molecule has 126 valence electrons. The SMILES string of the molecule is O=C(CCc1nc(-c2ccncc2)no1)NCCC1=CCCCC1. The average Bonchev–Trinajstić information content (AvgIpc) is 3.11. The lowest BCUT2D eigenvalue weighted by Crippen LogP contribution is -2.25. The Hall–Kier alpha value is -2.50. The summed E-state index contributed by atoms with van der Waals surface area (Å²) in [5.74, 6) is 1.03. The molecule has 0 saturated carbocycles. The standard InChI is InChI=1S/C18H22N4O2/c23-16(20-13-8-14-4-2-1-3-5-14)6-7-17-21-18(22-24-17)15-9-11-19-12-10-15/h4,9-12H,1-3,5-8,13H2,(H,20,23). The van der Waals surface area contributed by atoms with Gasteiger partial charge in [-0.3, -0.25) is 9.78 Å². The average molecular weight is 326 g/mol. The number of nitrogens with zero attached hydrogens (tertiary/aromatic N) is 3. The molecule has 0 saturated heterocycles. The molecule has 1 amide bonds. The summed E-state index contributed by atoms with van der Waals surface area (Å²) in [7, 11) is 0. The predicted molar refractivity (Wildman–Crippen MR) is 90.0 cm³/mol. The Morgan fingerprint density at radius 3 is 2.88 bits per heavy atom. The normalized spacial score (nSPS) is 14.2. The molecule has 0 fully saturated rings. The largest absolute Gasteiger partial charge is 0.356 e. The van der Waals surface area contributed by atoms with Crippen LogP contribution in [0.5, 0.6) is 0 Å². The molecule has 24 heavy (non-hydrogen) atoms. The van der Waals surface area contributed by atoms with Gasteiger partial charge in [0.15, 0.2) is 0 Å². The Labute approximate surface area is 141 Å². The van der Waals surface area contributed by atoms with Crippen LogP contribution in [-0.2, 0) is 11.2 Å². The molecule has 1 aliphatic rings. The van der Waals surface area contributed by atoms with Gasteiger partial charge in [-0.2, -0.15) is 4.98 Å². The fraction of sp³-hybridized carbons (Fsp3) is 0.444. The predicted octanol–water partition coefficient (Wildman–Crippen LogP) is 3.07. The van der Waals surface area contributed by atoms with Crippen molar-refractivity contribution in [2.75, 3.05) is 6.54 Å². The van der Waals surface area contributed by atoms with Gasteiger partial charge in [0.1, 0.15) is 0 Å². The molecule has 0 spiro atoms. The number of nitrogens with one attached hydrogen (secondary N) is 1. The van der Waals surface area contributed by atoms with E-state index in [1.807, 2.05) is 12.1 Å². The molecule has 6 nitrogen and oxygen atoms in total. The maximum atomic E-state index is 11.9. The molecule has 3 rings (SSSR count). The van der Waals surface area contributed by atoms with Gasteiger partial charge in [-0.15, -0.1) is 0 Å². The highest BCUT2D eigenvalue weighted by Gasteiger charge is 2.11. The van der Waals surface area contributed by atoms with Crippen LogP contribution in [0.4, 0.5) is 0 Å². The van der Waals surface area contributed by atoms with Crippen molar-refractivity contribution in [2.45, 2.75) is 44.9 Å². The van der Waals surface area contributed by atoms with Crippen LogP contribution in [0.2, 0.25) is 0 Å². The zero-order chi connectivity index (χ0) is 16.6. The number of rotatable bonds is 7. The minimum absolute atomic E-state index is 0.0232. The first-order chi connectivity index (χ1) is 11.8. The van der Waals surface area contributed by atoms with Crippen molar-refractivity contribution >= 4 is 5.91 Å². The summed E-state index contributed by atoms with van der Waals surface area (Å²) >= 11 is 0. The molecule has 0 unspecified atom stereocenters. The van der Waals surface area contributed by atoms with Gasteiger partial charge in [-0.1, -0.05) is 16.8 Å². The number of carbonyl (C=O) groups excluding carboxylic acids is 1. The second-order valence-electron chi connectivity index (χ2n) is 5.96. The fourth-order valence-corrected chi connectivity index (χ4v) is 2.78. The van der Waals surface area contributed by atoms with E-state index in [1.165, 1.54) is 31.3 Å². The Morgan fingerprint density at radius 2 is 2.08 bits per heavy atom. The second kappa shape index (κ2) is 8.38. The third kappa shape index (κ3) is 4.75. The first-order valence-electron chi connectivity index (χ1n) is 8.49. The van der Waals surface area contributed by atoms with Crippen molar-refractivity contribution in [3.8, 4) is 11.4 Å². The van der Waals surface area contributed by atoms with Crippen molar-refractivity contribution < 1.29 is 9.32 Å². The van der Waals surface area contributed by atoms with Gasteiger partial charge in [0.05, 0.1) is 0 Å². The number of allylic oxidation sites excluding steroid dienone is 1. The zero-order valence-corrected chi connectivity index (χ0v) is 13.7. The van der Waals surface area contributed by atoms with E-state index in [1.54, 1.807) is 12.4 Å². The first-order valence-corrected chi connectivity index (χ1v) is 8.49. The van der Waals surface area contributed by atoms with Crippen LogP contribution >= 0.6 is 0 Å². The van der Waals surface area contributed by atoms with Gasteiger partial charge in [0.2, 0.25) is 17.6 Å². The Kier molecular flexibility index (Phi) is 5.71. The monoisotopic (exact) mass is 326 g/mol. The summed E-state index contributed by atoms with van der Waals surface area (Å²) in [6, 6.07) is 3.64. The van der Waals surface area contributed by atoms with E-state index in [2.05, 4.69) is 26.5 Å². The molecular weight excluding hydrogens is 304 g/mol. The topological polar surface area (TPSA) is 80.9 Å². The van der Waals surface area contributed by atoms with Crippen LogP contribution in [0.1, 0.15) is 44.4 Å². The number of carbonyl (C=O) groups is 1. The molecule has 0 radical (unpaired) electrons. The maximum Gasteiger partial charge on any atom is 0.227 e. The third-order valence-electron chi connectivity index (χ3n) is 4.13. The summed E-state index contributed by atoms with van der Waals surface area (Å²) in [5.41, 5.74) is 2.32. The zero-order valence-electron chi connectivity index (χ0n) is 13.7. The summed E-state index contributed by atoms with van der Waals surface area (Å²) in [6.07, 6.45) is 12.4. The minimum atomic E-state index is 0.0232. The lowest BCUT2D eigenvalue weighted by molar-refractivity contribution is -0.121. The summed E-state index contributed by atoms with van der Waals surface area (Å²) in [6.45, 7) is 0.705. The fourth-order valence-electron chi connectivity index (χ4n) is 2.78. The van der Waals surface area contributed by atoms with Crippen LogP contribution in [0.15, 0.2) is 40.7 Å². The highest BCUT2D eigenvalue weighted by Crippen LogP contribution is 2.19. The first kappa shape index (κ1) is 16.4. The minimum Gasteiger partial charge on any atom is -0.356 e. The van der Waals surface area contributed by atoms with Gasteiger partial charge in [0.25, 0.3) is 0 Å². The molecule has 6 heteroatoms. The van der Waals surface area contributed by atoms with Gasteiger partial charge in [0, 0.05) is 37.3 Å². The number of amides is 1. The molecule has 0 aromatic carbocycles. The van der Waals surface area contributed by atoms with Crippen LogP contribution in [0.25, 0.3) is 11.4 Å². The molecular formula is C18H22N4O2. The highest BCUT2D eigenvalue weighted by molar-refractivity contribution is 5.76. The molecule has 0 atom stereocenters. The molecule has 2 heterocycles. The molecule has 0 bridgehead atoms. The highest BCUT2D eigenvalue weighted by atomic mass is 16.5. The molecule has 0 aliphatic heterocycles. The van der Waals surface area contributed by atoms with Gasteiger partial charge < -0.3 is 9.84 Å². The van der Waals surface area contributed by atoms with Crippen molar-refractivity contribution in [3.63, 3.8) is 0 Å². The van der Waals surface area contributed by atoms with E-state index in [4.69, 9.17) is 4.52 Å². The third-order valence-corrected chi connectivity index (χ3v) is 4.13. The quantitative estimate of drug-likeness (QED) is 0.791. The van der Waals surface area contributed by atoms with Crippen molar-refractivity contribution in [1.82, 2.24) is 20.4 Å². The van der Waals surface area contributed by atoms with E-state index >= 15 is 0 Å². The van der Waals surface area contributed by atoms with Crippen molar-refractivity contribution in [3.05, 3.63) is 42.1 Å². The van der Waals surface area contributed by atoms with Crippen LogP contribution < -0.4 is 5.32 Å². The summed E-state index contributed by atoms with van der Waals surface area (Å²) < 4.78 is 5.20.